The molecule has 9 heteroatoms. The minimum atomic E-state index is -0.189. The predicted molar refractivity (Wildman–Crippen MR) is 105 cm³/mol. The molecule has 1 aliphatic heterocycles. The molecule has 0 aliphatic carbocycles. The number of para-hydroxylation sites is 1. The number of aryl methyl sites for hydroxylation is 1. The normalized spacial score (nSPS) is 15.3. The number of nitrogens with zero attached hydrogens (tertiary/aromatic N) is 5. The average Bonchev–Trinajstić information content (AvgIpc) is 3.13. The number of fused-ring (bicyclic) bond motifs is 3. The average molecular weight is 399 g/mol. The van der Waals surface area contributed by atoms with E-state index >= 15 is 0 Å². The molecule has 3 aromatic rings. The Morgan fingerprint density at radius 2 is 1.96 bits per heavy atom. The Morgan fingerprint density at radius 3 is 2.71 bits per heavy atom. The summed E-state index contributed by atoms with van der Waals surface area (Å²) in [4.78, 5) is 35.3. The van der Waals surface area contributed by atoms with Crippen LogP contribution in [0.15, 0.2) is 29.4 Å². The summed E-state index contributed by atoms with van der Waals surface area (Å²) < 4.78 is 6.51. The SMILES string of the molecule is COC(=O)C1CCN(C(=O)CSc2nc3ccccc3c3nc(C)nn23)CC1. The third kappa shape index (κ3) is 3.54. The van der Waals surface area contributed by atoms with E-state index in [1.807, 2.05) is 31.2 Å². The van der Waals surface area contributed by atoms with Crippen molar-refractivity contribution in [1.29, 1.82) is 0 Å². The predicted octanol–water partition coefficient (Wildman–Crippen LogP) is 2.09. The summed E-state index contributed by atoms with van der Waals surface area (Å²) in [5.74, 6) is 0.666. The Kier molecular flexibility index (Phi) is 5.17. The molecule has 8 nitrogen and oxygen atoms in total. The maximum atomic E-state index is 12.6. The third-order valence-electron chi connectivity index (χ3n) is 4.96. The van der Waals surface area contributed by atoms with Crippen molar-refractivity contribution in [2.24, 2.45) is 5.92 Å². The molecule has 0 unspecified atom stereocenters. The van der Waals surface area contributed by atoms with E-state index in [1.54, 1.807) is 9.42 Å². The largest absolute Gasteiger partial charge is 0.469 e. The van der Waals surface area contributed by atoms with Gasteiger partial charge in [0.2, 0.25) is 5.91 Å². The van der Waals surface area contributed by atoms with Crippen LogP contribution in [0.3, 0.4) is 0 Å². The number of ether oxygens (including phenoxy) is 1. The Bertz CT molecular complexity index is 1040. The van der Waals surface area contributed by atoms with Crippen LogP contribution >= 0.6 is 11.8 Å². The molecule has 0 radical (unpaired) electrons. The molecule has 0 saturated carbocycles. The second-order valence-electron chi connectivity index (χ2n) is 6.77. The molecule has 1 aliphatic rings. The minimum absolute atomic E-state index is 0.0354. The highest BCUT2D eigenvalue weighted by Gasteiger charge is 2.28. The fraction of sp³-hybridized carbons (Fsp3) is 0.421. The Labute approximate surface area is 166 Å². The van der Waals surface area contributed by atoms with Gasteiger partial charge in [0.05, 0.1) is 24.3 Å². The molecule has 1 fully saturated rings. The van der Waals surface area contributed by atoms with Crippen molar-refractivity contribution < 1.29 is 14.3 Å². The lowest BCUT2D eigenvalue weighted by atomic mass is 9.97. The van der Waals surface area contributed by atoms with E-state index in [2.05, 4.69) is 15.1 Å². The summed E-state index contributed by atoms with van der Waals surface area (Å²) in [5.41, 5.74) is 1.58. The summed E-state index contributed by atoms with van der Waals surface area (Å²) in [6.07, 6.45) is 1.29. The lowest BCUT2D eigenvalue weighted by Crippen LogP contribution is -2.41. The molecule has 28 heavy (non-hydrogen) atoms. The molecule has 1 amide bonds. The Hall–Kier alpha value is -2.68. The number of hydrogen-bond donors (Lipinski definition) is 0. The van der Waals surface area contributed by atoms with Gasteiger partial charge >= 0.3 is 5.97 Å². The van der Waals surface area contributed by atoms with Crippen LogP contribution in [0.5, 0.6) is 0 Å². The highest BCUT2D eigenvalue weighted by Crippen LogP contribution is 2.25. The van der Waals surface area contributed by atoms with Gasteiger partial charge in [-0.25, -0.2) is 9.97 Å². The first-order valence-electron chi connectivity index (χ1n) is 9.17. The first kappa shape index (κ1) is 18.7. The van der Waals surface area contributed by atoms with E-state index in [0.717, 1.165) is 16.6 Å². The molecule has 1 aromatic carbocycles. The van der Waals surface area contributed by atoms with Gasteiger partial charge in [-0.3, -0.25) is 9.59 Å². The molecule has 1 saturated heterocycles. The summed E-state index contributed by atoms with van der Waals surface area (Å²) >= 11 is 1.36. The zero-order valence-electron chi connectivity index (χ0n) is 15.8. The fourth-order valence-corrected chi connectivity index (χ4v) is 4.32. The molecule has 146 valence electrons. The number of piperidine rings is 1. The van der Waals surface area contributed by atoms with Crippen LogP contribution in [0.4, 0.5) is 0 Å². The quantitative estimate of drug-likeness (QED) is 0.377. The topological polar surface area (TPSA) is 89.7 Å². The minimum Gasteiger partial charge on any atom is -0.469 e. The number of carbonyl (C=O) groups excluding carboxylic acids is 2. The highest BCUT2D eigenvalue weighted by molar-refractivity contribution is 7.99. The molecule has 4 rings (SSSR count). The van der Waals surface area contributed by atoms with Gasteiger partial charge in [-0.05, 0) is 31.9 Å². The summed E-state index contributed by atoms with van der Waals surface area (Å²) in [7, 11) is 1.40. The molecule has 0 spiro atoms. The van der Waals surface area contributed by atoms with Crippen molar-refractivity contribution in [1.82, 2.24) is 24.5 Å². The van der Waals surface area contributed by atoms with Crippen LogP contribution in [0.25, 0.3) is 16.6 Å². The van der Waals surface area contributed by atoms with Crippen LogP contribution in [0, 0.1) is 12.8 Å². The monoisotopic (exact) mass is 399 g/mol. The number of aromatic nitrogens is 4. The number of carbonyl (C=O) groups is 2. The van der Waals surface area contributed by atoms with Gasteiger partial charge in [0.15, 0.2) is 10.8 Å². The third-order valence-corrected chi connectivity index (χ3v) is 5.88. The molecular formula is C19H21N5O3S. The molecular weight excluding hydrogens is 378 g/mol. The van der Waals surface area contributed by atoms with Gasteiger partial charge in [0.1, 0.15) is 5.82 Å². The van der Waals surface area contributed by atoms with Crippen molar-refractivity contribution in [3.63, 3.8) is 0 Å². The smallest absolute Gasteiger partial charge is 0.308 e. The van der Waals surface area contributed by atoms with Crippen molar-refractivity contribution in [2.45, 2.75) is 24.9 Å². The maximum Gasteiger partial charge on any atom is 0.308 e. The second-order valence-corrected chi connectivity index (χ2v) is 7.72. The van der Waals surface area contributed by atoms with E-state index in [0.29, 0.717) is 36.9 Å². The van der Waals surface area contributed by atoms with E-state index in [9.17, 15) is 9.59 Å². The molecule has 3 heterocycles. The maximum absolute atomic E-state index is 12.6. The van der Waals surface area contributed by atoms with Gasteiger partial charge in [-0.1, -0.05) is 23.9 Å². The van der Waals surface area contributed by atoms with Gasteiger partial charge in [-0.2, -0.15) is 4.52 Å². The van der Waals surface area contributed by atoms with Crippen molar-refractivity contribution in [2.75, 3.05) is 26.0 Å². The second kappa shape index (κ2) is 7.75. The number of rotatable bonds is 4. The van der Waals surface area contributed by atoms with Crippen LogP contribution < -0.4 is 0 Å². The summed E-state index contributed by atoms with van der Waals surface area (Å²) in [6, 6.07) is 7.78. The fourth-order valence-electron chi connectivity index (χ4n) is 3.48. The molecule has 2 aromatic heterocycles. The van der Waals surface area contributed by atoms with E-state index in [-0.39, 0.29) is 23.5 Å². The highest BCUT2D eigenvalue weighted by atomic mass is 32.2. The number of hydrogen-bond acceptors (Lipinski definition) is 7. The number of amides is 1. The van der Waals surface area contributed by atoms with Gasteiger partial charge < -0.3 is 9.64 Å². The van der Waals surface area contributed by atoms with Crippen molar-refractivity contribution in [3.8, 4) is 0 Å². The first-order valence-corrected chi connectivity index (χ1v) is 10.2. The number of benzene rings is 1. The van der Waals surface area contributed by atoms with Gasteiger partial charge in [0, 0.05) is 18.5 Å². The Balaban J connectivity index is 1.48. The van der Waals surface area contributed by atoms with Crippen LogP contribution in [-0.4, -0.2) is 62.3 Å². The van der Waals surface area contributed by atoms with E-state index in [1.165, 1.54) is 18.9 Å². The molecule has 0 atom stereocenters. The lowest BCUT2D eigenvalue weighted by molar-refractivity contribution is -0.148. The van der Waals surface area contributed by atoms with Crippen molar-refractivity contribution >= 4 is 40.2 Å². The molecule has 0 N–H and O–H groups in total. The Morgan fingerprint density at radius 1 is 1.21 bits per heavy atom. The van der Waals surface area contributed by atoms with Gasteiger partial charge in [-0.15, -0.1) is 5.10 Å². The van der Waals surface area contributed by atoms with Crippen LogP contribution in [0.2, 0.25) is 0 Å². The number of esters is 1. The van der Waals surface area contributed by atoms with Crippen LogP contribution in [0.1, 0.15) is 18.7 Å². The van der Waals surface area contributed by atoms with Crippen LogP contribution in [-0.2, 0) is 14.3 Å². The zero-order chi connectivity index (χ0) is 19.7. The number of likely N-dealkylation sites (tertiary alicyclic amines) is 1. The lowest BCUT2D eigenvalue weighted by Gasteiger charge is -2.30. The number of thioether (sulfide) groups is 1. The van der Waals surface area contributed by atoms with E-state index < -0.39 is 0 Å². The zero-order valence-corrected chi connectivity index (χ0v) is 16.6. The summed E-state index contributed by atoms with van der Waals surface area (Å²) in [6.45, 7) is 2.98. The van der Waals surface area contributed by atoms with E-state index in [4.69, 9.17) is 4.74 Å². The summed E-state index contributed by atoms with van der Waals surface area (Å²) in [5, 5.41) is 6.02. The molecule has 0 bridgehead atoms. The number of methoxy groups -OCH3 is 1. The van der Waals surface area contributed by atoms with Crippen molar-refractivity contribution in [3.05, 3.63) is 30.1 Å². The standard InChI is InChI=1S/C19H21N5O3S/c1-12-20-17-14-5-3-4-6-15(14)21-19(24(17)22-12)28-11-16(25)23-9-7-13(8-10-23)18(26)27-2/h3-6,13H,7-11H2,1-2H3. The first-order chi connectivity index (χ1) is 13.6. The van der Waals surface area contributed by atoms with Gasteiger partial charge in [0.25, 0.3) is 0 Å².